The first-order valence-corrected chi connectivity index (χ1v) is 9.66. The van der Waals surface area contributed by atoms with Crippen LogP contribution in [0.15, 0.2) is 0 Å². The minimum Gasteiger partial charge on any atom is -0.414 e. The average molecular weight is 264 g/mol. The zero-order valence-corrected chi connectivity index (χ0v) is 13.0. The Morgan fingerprint density at radius 2 is 2.00 bits per heavy atom. The molecule has 96 valence electrons. The molecule has 0 spiro atoms. The van der Waals surface area contributed by atoms with E-state index in [-0.39, 0.29) is 16.8 Å². The fourth-order valence-corrected chi connectivity index (χ4v) is 3.10. The van der Waals surface area contributed by atoms with Gasteiger partial charge in [-0.15, -0.1) is 0 Å². The molecule has 1 aliphatic rings. The minimum atomic E-state index is -1.63. The van der Waals surface area contributed by atoms with Gasteiger partial charge in [0.15, 0.2) is 8.32 Å². The third-order valence-electron chi connectivity index (χ3n) is 3.35. The van der Waals surface area contributed by atoms with Crippen molar-refractivity contribution in [2.75, 3.05) is 19.5 Å². The molecule has 0 aromatic heterocycles. The van der Waals surface area contributed by atoms with Crippen LogP contribution in [0, 0.1) is 0 Å². The lowest BCUT2D eigenvalue weighted by Crippen LogP contribution is -2.43. The van der Waals surface area contributed by atoms with Gasteiger partial charge >= 0.3 is 0 Å². The summed E-state index contributed by atoms with van der Waals surface area (Å²) in [5, 5.41) is 0.263. The summed E-state index contributed by atoms with van der Waals surface area (Å²) >= 11 is 1.70. The predicted molar refractivity (Wildman–Crippen MR) is 71.3 cm³/mol. The molecule has 1 aliphatic heterocycles. The second-order valence-corrected chi connectivity index (χ2v) is 11.5. The Morgan fingerprint density at radius 3 is 2.44 bits per heavy atom. The van der Waals surface area contributed by atoms with Crippen molar-refractivity contribution in [2.45, 2.75) is 50.6 Å². The lowest BCUT2D eigenvalue weighted by molar-refractivity contribution is -0.0890. The summed E-state index contributed by atoms with van der Waals surface area (Å²) in [5.74, 6) is 0.965. The smallest absolute Gasteiger partial charge is 0.207 e. The summed E-state index contributed by atoms with van der Waals surface area (Å²) in [6.07, 6.45) is 0.184. The highest BCUT2D eigenvalue weighted by Crippen LogP contribution is 2.37. The van der Waals surface area contributed by atoms with Crippen LogP contribution in [0.1, 0.15) is 20.8 Å². The molecule has 3 nitrogen and oxygen atoms in total. The first-order chi connectivity index (χ1) is 7.26. The van der Waals surface area contributed by atoms with Gasteiger partial charge in [-0.1, -0.05) is 32.5 Å². The van der Waals surface area contributed by atoms with Crippen LogP contribution in [-0.2, 0) is 13.9 Å². The molecule has 0 N–H and O–H groups in total. The first kappa shape index (κ1) is 14.5. The molecule has 1 rings (SSSR count). The summed E-state index contributed by atoms with van der Waals surface area (Å²) in [7, 11) is 0.0406. The summed E-state index contributed by atoms with van der Waals surface area (Å²) in [4.78, 5) is 0. The quantitative estimate of drug-likeness (QED) is 0.729. The monoisotopic (exact) mass is 264 g/mol. The van der Waals surface area contributed by atoms with E-state index in [0.29, 0.717) is 6.61 Å². The standard InChI is InChI=1S/C11H24O3SSi/c1-11(2,3)16(5,6)13-7-9-8-15-10(12-4)14-9/h9-10H,7-8H2,1-6H3/t9-,10?/m1/s1. The van der Waals surface area contributed by atoms with Gasteiger partial charge in [0.05, 0.1) is 12.7 Å². The maximum absolute atomic E-state index is 6.12. The zero-order valence-electron chi connectivity index (χ0n) is 11.2. The third kappa shape index (κ3) is 3.73. The number of ether oxygens (including phenoxy) is 2. The molecular weight excluding hydrogens is 240 g/mol. The highest BCUT2D eigenvalue weighted by atomic mass is 32.2. The minimum absolute atomic E-state index is 0.104. The molecule has 5 heteroatoms. The van der Waals surface area contributed by atoms with Gasteiger partial charge in [0.1, 0.15) is 0 Å². The number of hydrogen-bond donors (Lipinski definition) is 0. The van der Waals surface area contributed by atoms with Crippen molar-refractivity contribution < 1.29 is 13.9 Å². The van der Waals surface area contributed by atoms with Gasteiger partial charge in [-0.25, -0.2) is 0 Å². The van der Waals surface area contributed by atoms with Crippen molar-refractivity contribution in [1.29, 1.82) is 0 Å². The van der Waals surface area contributed by atoms with E-state index in [1.54, 1.807) is 18.9 Å². The summed E-state index contributed by atoms with van der Waals surface area (Å²) in [5.41, 5.74) is -0.104. The predicted octanol–water partition coefficient (Wildman–Crippen LogP) is 3.07. The molecule has 1 unspecified atom stereocenters. The Hall–Kier alpha value is 0.447. The average Bonchev–Trinajstić information content (AvgIpc) is 2.60. The number of hydrogen-bond acceptors (Lipinski definition) is 4. The molecular formula is C11H24O3SSi. The molecule has 1 heterocycles. The largest absolute Gasteiger partial charge is 0.414 e. The van der Waals surface area contributed by atoms with E-state index in [1.165, 1.54) is 0 Å². The van der Waals surface area contributed by atoms with Crippen LogP contribution in [0.4, 0.5) is 0 Å². The third-order valence-corrected chi connectivity index (χ3v) is 8.99. The van der Waals surface area contributed by atoms with E-state index in [1.807, 2.05) is 0 Å². The van der Waals surface area contributed by atoms with E-state index in [9.17, 15) is 0 Å². The zero-order chi connectivity index (χ0) is 12.4. The van der Waals surface area contributed by atoms with E-state index in [0.717, 1.165) is 5.75 Å². The number of methoxy groups -OCH3 is 1. The molecule has 0 amide bonds. The summed E-state index contributed by atoms with van der Waals surface area (Å²) in [6, 6.07) is 0. The van der Waals surface area contributed by atoms with Crippen molar-refractivity contribution >= 4 is 20.1 Å². The van der Waals surface area contributed by atoms with Crippen molar-refractivity contribution in [1.82, 2.24) is 0 Å². The van der Waals surface area contributed by atoms with Gasteiger partial charge in [0.2, 0.25) is 5.62 Å². The van der Waals surface area contributed by atoms with Crippen LogP contribution in [0.2, 0.25) is 18.1 Å². The molecule has 0 radical (unpaired) electrons. The summed E-state index contributed by atoms with van der Waals surface area (Å²) in [6.45, 7) is 12.0. The van der Waals surface area contributed by atoms with Gasteiger partial charge in [-0.3, -0.25) is 0 Å². The molecule has 16 heavy (non-hydrogen) atoms. The van der Waals surface area contributed by atoms with E-state index < -0.39 is 8.32 Å². The Balaban J connectivity index is 2.35. The summed E-state index contributed by atoms with van der Waals surface area (Å²) < 4.78 is 16.9. The molecule has 0 aliphatic carbocycles. The van der Waals surface area contributed by atoms with Gasteiger partial charge in [-0.05, 0) is 18.1 Å². The van der Waals surface area contributed by atoms with Crippen molar-refractivity contribution in [2.24, 2.45) is 0 Å². The van der Waals surface area contributed by atoms with Gasteiger partial charge in [-0.2, -0.15) is 0 Å². The molecule has 0 aromatic carbocycles. The van der Waals surface area contributed by atoms with Crippen LogP contribution >= 0.6 is 11.8 Å². The van der Waals surface area contributed by atoms with Crippen LogP contribution in [-0.4, -0.2) is 39.5 Å². The van der Waals surface area contributed by atoms with Gasteiger partial charge in [0, 0.05) is 12.9 Å². The maximum atomic E-state index is 6.12. The SMILES string of the molecule is COC1O[C@H](CO[Si](C)(C)C(C)(C)C)CS1. The maximum Gasteiger partial charge on any atom is 0.207 e. The molecule has 0 saturated carbocycles. The molecule has 1 saturated heterocycles. The Bertz CT molecular complexity index is 228. The second-order valence-electron chi connectivity index (χ2n) is 5.69. The molecule has 0 bridgehead atoms. The fraction of sp³-hybridized carbons (Fsp3) is 1.00. The van der Waals surface area contributed by atoms with E-state index in [4.69, 9.17) is 13.9 Å². The molecule has 1 fully saturated rings. The Kier molecular flexibility index (Phi) is 4.89. The van der Waals surface area contributed by atoms with Crippen LogP contribution < -0.4 is 0 Å². The van der Waals surface area contributed by atoms with Crippen molar-refractivity contribution in [3.05, 3.63) is 0 Å². The number of thioether (sulfide) groups is 1. The lowest BCUT2D eigenvalue weighted by Gasteiger charge is -2.36. The van der Waals surface area contributed by atoms with Gasteiger partial charge in [0.25, 0.3) is 0 Å². The highest BCUT2D eigenvalue weighted by Gasteiger charge is 2.38. The lowest BCUT2D eigenvalue weighted by atomic mass is 10.2. The van der Waals surface area contributed by atoms with Crippen molar-refractivity contribution in [3.63, 3.8) is 0 Å². The van der Waals surface area contributed by atoms with Crippen molar-refractivity contribution in [3.8, 4) is 0 Å². The second kappa shape index (κ2) is 5.39. The Morgan fingerprint density at radius 1 is 1.38 bits per heavy atom. The van der Waals surface area contributed by atoms with Crippen LogP contribution in [0.3, 0.4) is 0 Å². The van der Waals surface area contributed by atoms with Crippen LogP contribution in [0.5, 0.6) is 0 Å². The van der Waals surface area contributed by atoms with Crippen LogP contribution in [0.25, 0.3) is 0 Å². The first-order valence-electron chi connectivity index (χ1n) is 5.70. The highest BCUT2D eigenvalue weighted by molar-refractivity contribution is 7.99. The number of rotatable bonds is 4. The van der Waals surface area contributed by atoms with E-state index >= 15 is 0 Å². The van der Waals surface area contributed by atoms with Gasteiger partial charge < -0.3 is 13.9 Å². The normalized spacial score (nSPS) is 27.4. The molecule has 0 aromatic rings. The fourth-order valence-electron chi connectivity index (χ4n) is 1.15. The topological polar surface area (TPSA) is 27.7 Å². The molecule has 2 atom stereocenters. The Labute approximate surface area is 104 Å². The van der Waals surface area contributed by atoms with E-state index in [2.05, 4.69) is 33.9 Å².